The van der Waals surface area contributed by atoms with Gasteiger partial charge in [-0.25, -0.2) is 0 Å². The van der Waals surface area contributed by atoms with Crippen molar-refractivity contribution in [2.75, 3.05) is 6.61 Å². The van der Waals surface area contributed by atoms with Crippen LogP contribution in [0.4, 0.5) is 0 Å². The first-order valence-corrected chi connectivity index (χ1v) is 9.13. The third kappa shape index (κ3) is 7.11. The van der Waals surface area contributed by atoms with Gasteiger partial charge in [-0.2, -0.15) is 0 Å². The minimum absolute atomic E-state index is 0.406. The first-order valence-electron chi connectivity index (χ1n) is 9.13. The van der Waals surface area contributed by atoms with Crippen molar-refractivity contribution in [1.82, 2.24) is 0 Å². The summed E-state index contributed by atoms with van der Waals surface area (Å²) in [6.07, 6.45) is 12.4. The van der Waals surface area contributed by atoms with Crippen LogP contribution in [0.25, 0.3) is 0 Å². The van der Waals surface area contributed by atoms with Gasteiger partial charge in [-0.15, -0.1) is 0 Å². The van der Waals surface area contributed by atoms with Crippen molar-refractivity contribution in [2.24, 2.45) is 29.6 Å². The van der Waals surface area contributed by atoms with Gasteiger partial charge in [0.1, 0.15) is 0 Å². The molecule has 1 fully saturated rings. The Bertz CT molecular complexity index is 236. The monoisotopic (exact) mass is 282 g/mol. The number of aliphatic hydroxyl groups is 1. The van der Waals surface area contributed by atoms with Crippen LogP contribution in [0.3, 0.4) is 0 Å². The highest BCUT2D eigenvalue weighted by molar-refractivity contribution is 4.77. The van der Waals surface area contributed by atoms with Gasteiger partial charge < -0.3 is 5.11 Å². The van der Waals surface area contributed by atoms with E-state index in [2.05, 4.69) is 27.7 Å². The molecular weight excluding hydrogens is 244 g/mol. The maximum Gasteiger partial charge on any atom is 0.0461 e. The fraction of sp³-hybridized carbons (Fsp3) is 1.00. The molecule has 0 saturated heterocycles. The van der Waals surface area contributed by atoms with Crippen molar-refractivity contribution >= 4 is 0 Å². The molecule has 0 spiro atoms. The lowest BCUT2D eigenvalue weighted by molar-refractivity contribution is 0.109. The second-order valence-corrected chi connectivity index (χ2v) is 7.96. The van der Waals surface area contributed by atoms with Gasteiger partial charge in [-0.05, 0) is 36.0 Å². The number of hydrogen-bond donors (Lipinski definition) is 1. The van der Waals surface area contributed by atoms with E-state index in [1.165, 1.54) is 57.8 Å². The zero-order valence-corrected chi connectivity index (χ0v) is 14.4. The van der Waals surface area contributed by atoms with Crippen LogP contribution in [0.5, 0.6) is 0 Å². The summed E-state index contributed by atoms with van der Waals surface area (Å²) in [5.41, 5.74) is 0. The van der Waals surface area contributed by atoms with Crippen molar-refractivity contribution in [2.45, 2.75) is 85.5 Å². The maximum absolute atomic E-state index is 9.43. The molecule has 1 aliphatic rings. The second-order valence-electron chi connectivity index (χ2n) is 7.96. The van der Waals surface area contributed by atoms with Crippen molar-refractivity contribution in [3.63, 3.8) is 0 Å². The molecule has 20 heavy (non-hydrogen) atoms. The Morgan fingerprint density at radius 2 is 1.70 bits per heavy atom. The molecule has 0 heterocycles. The molecule has 0 aliphatic heterocycles. The molecule has 0 bridgehead atoms. The van der Waals surface area contributed by atoms with Gasteiger partial charge in [-0.1, -0.05) is 79.1 Å². The maximum atomic E-state index is 9.43. The predicted octanol–water partition coefficient (Wildman–Crippen LogP) is 5.66. The van der Waals surface area contributed by atoms with E-state index in [-0.39, 0.29) is 0 Å². The van der Waals surface area contributed by atoms with E-state index in [1.807, 2.05) is 0 Å². The number of aliphatic hydroxyl groups excluding tert-OH is 1. The Kier molecular flexibility index (Phi) is 8.84. The van der Waals surface area contributed by atoms with Gasteiger partial charge in [0.2, 0.25) is 0 Å². The molecule has 0 aromatic rings. The molecule has 4 unspecified atom stereocenters. The predicted molar refractivity (Wildman–Crippen MR) is 88.8 cm³/mol. The average Bonchev–Trinajstić information content (AvgIpc) is 2.40. The van der Waals surface area contributed by atoms with Gasteiger partial charge in [0, 0.05) is 6.61 Å². The highest BCUT2D eigenvalue weighted by Gasteiger charge is 2.26. The van der Waals surface area contributed by atoms with E-state index in [9.17, 15) is 5.11 Å². The summed E-state index contributed by atoms with van der Waals surface area (Å²) >= 11 is 0. The minimum atomic E-state index is 0.406. The van der Waals surface area contributed by atoms with Crippen LogP contribution in [0, 0.1) is 29.6 Å². The van der Waals surface area contributed by atoms with E-state index in [0.717, 1.165) is 23.7 Å². The van der Waals surface area contributed by atoms with Gasteiger partial charge in [-0.3, -0.25) is 0 Å². The van der Waals surface area contributed by atoms with Crippen molar-refractivity contribution in [3.05, 3.63) is 0 Å². The molecule has 1 heteroatoms. The third-order valence-electron chi connectivity index (χ3n) is 5.49. The van der Waals surface area contributed by atoms with Crippen molar-refractivity contribution in [3.8, 4) is 0 Å². The van der Waals surface area contributed by atoms with Gasteiger partial charge >= 0.3 is 0 Å². The van der Waals surface area contributed by atoms with E-state index in [4.69, 9.17) is 0 Å². The van der Waals surface area contributed by atoms with E-state index < -0.39 is 0 Å². The zero-order valence-electron chi connectivity index (χ0n) is 14.4. The van der Waals surface area contributed by atoms with Crippen molar-refractivity contribution in [1.29, 1.82) is 0 Å². The van der Waals surface area contributed by atoms with Crippen LogP contribution >= 0.6 is 0 Å². The Morgan fingerprint density at radius 3 is 2.35 bits per heavy atom. The van der Waals surface area contributed by atoms with Gasteiger partial charge in [0.25, 0.3) is 0 Å². The van der Waals surface area contributed by atoms with E-state index >= 15 is 0 Å². The molecule has 0 aromatic heterocycles. The standard InChI is InChI=1S/C19H38O/c1-15(2)7-5-8-16(3)9-6-10-18-12-11-17(4)19(13-18)14-20/h15-20H,5-14H2,1-4H3. The topological polar surface area (TPSA) is 20.2 Å². The quantitative estimate of drug-likeness (QED) is 0.578. The molecule has 1 N–H and O–H groups in total. The zero-order chi connectivity index (χ0) is 15.0. The number of hydrogen-bond acceptors (Lipinski definition) is 1. The van der Waals surface area contributed by atoms with E-state index in [1.54, 1.807) is 0 Å². The van der Waals surface area contributed by atoms with Crippen LogP contribution in [0.1, 0.15) is 85.5 Å². The highest BCUT2D eigenvalue weighted by atomic mass is 16.3. The van der Waals surface area contributed by atoms with Crippen LogP contribution in [0.2, 0.25) is 0 Å². The molecule has 1 nitrogen and oxygen atoms in total. The number of rotatable bonds is 9. The van der Waals surface area contributed by atoms with Gasteiger partial charge in [0.05, 0.1) is 0 Å². The third-order valence-corrected chi connectivity index (χ3v) is 5.49. The van der Waals surface area contributed by atoms with E-state index in [0.29, 0.717) is 12.5 Å². The fourth-order valence-electron chi connectivity index (χ4n) is 3.80. The van der Waals surface area contributed by atoms with Gasteiger partial charge in [0.15, 0.2) is 0 Å². The average molecular weight is 283 g/mol. The summed E-state index contributed by atoms with van der Waals surface area (Å²) in [4.78, 5) is 0. The van der Waals surface area contributed by atoms with Crippen LogP contribution < -0.4 is 0 Å². The lowest BCUT2D eigenvalue weighted by atomic mass is 9.73. The summed E-state index contributed by atoms with van der Waals surface area (Å²) in [5, 5.41) is 9.43. The second kappa shape index (κ2) is 9.82. The summed E-state index contributed by atoms with van der Waals surface area (Å²) in [5.74, 6) is 3.99. The first-order chi connectivity index (χ1) is 9.52. The molecule has 0 radical (unpaired) electrons. The summed E-state index contributed by atoms with van der Waals surface area (Å²) < 4.78 is 0. The molecule has 120 valence electrons. The normalized spacial score (nSPS) is 28.8. The smallest absolute Gasteiger partial charge is 0.0461 e. The van der Waals surface area contributed by atoms with Crippen LogP contribution in [-0.2, 0) is 0 Å². The minimum Gasteiger partial charge on any atom is -0.396 e. The SMILES string of the molecule is CC(C)CCCC(C)CCCC1CCC(C)C(CO)C1. The molecule has 0 aromatic carbocycles. The summed E-state index contributed by atoms with van der Waals surface area (Å²) in [6, 6.07) is 0. The highest BCUT2D eigenvalue weighted by Crippen LogP contribution is 2.36. The first kappa shape index (κ1) is 18.0. The van der Waals surface area contributed by atoms with Crippen LogP contribution in [-0.4, -0.2) is 11.7 Å². The molecule has 1 aliphatic carbocycles. The lowest BCUT2D eigenvalue weighted by Crippen LogP contribution is -2.25. The lowest BCUT2D eigenvalue weighted by Gasteiger charge is -2.33. The summed E-state index contributed by atoms with van der Waals surface area (Å²) in [6.45, 7) is 9.80. The molecule has 1 rings (SSSR count). The molecule has 4 atom stereocenters. The Balaban J connectivity index is 2.08. The summed E-state index contributed by atoms with van der Waals surface area (Å²) in [7, 11) is 0. The Morgan fingerprint density at radius 1 is 1.00 bits per heavy atom. The fourth-order valence-corrected chi connectivity index (χ4v) is 3.80. The largest absolute Gasteiger partial charge is 0.396 e. The Labute approximate surface area is 127 Å². The Hall–Kier alpha value is -0.0400. The molecule has 1 saturated carbocycles. The molecule has 0 amide bonds. The van der Waals surface area contributed by atoms with Crippen molar-refractivity contribution < 1.29 is 5.11 Å². The molecular formula is C19H38O. The van der Waals surface area contributed by atoms with Crippen LogP contribution in [0.15, 0.2) is 0 Å².